The van der Waals surface area contributed by atoms with Crippen LogP contribution in [-0.2, 0) is 9.59 Å². The van der Waals surface area contributed by atoms with Gasteiger partial charge in [0, 0.05) is 25.7 Å². The minimum absolute atomic E-state index is 0. The first kappa shape index (κ1) is 18.4. The lowest BCUT2D eigenvalue weighted by atomic mass is 10.2. The Hall–Kier alpha value is -1.59. The van der Waals surface area contributed by atoms with Crippen molar-refractivity contribution >= 4 is 29.9 Å². The van der Waals surface area contributed by atoms with Crippen molar-refractivity contribution in [2.75, 3.05) is 32.5 Å². The molecule has 1 rings (SSSR count). The lowest BCUT2D eigenvalue weighted by Gasteiger charge is -2.16. The summed E-state index contributed by atoms with van der Waals surface area (Å²) < 4.78 is 0. The van der Waals surface area contributed by atoms with Crippen LogP contribution in [0.3, 0.4) is 0 Å². The van der Waals surface area contributed by atoms with Crippen molar-refractivity contribution in [1.29, 1.82) is 0 Å². The molecule has 5 nitrogen and oxygen atoms in total. The van der Waals surface area contributed by atoms with E-state index < -0.39 is 0 Å². The van der Waals surface area contributed by atoms with Crippen LogP contribution in [0.5, 0.6) is 0 Å². The molecule has 0 radical (unpaired) electrons. The Labute approximate surface area is 126 Å². The monoisotopic (exact) mass is 299 g/mol. The molecule has 0 atom stereocenters. The van der Waals surface area contributed by atoms with Crippen LogP contribution in [0.1, 0.15) is 12.0 Å². The molecule has 0 heterocycles. The Bertz CT molecular complexity index is 435. The third-order valence-electron chi connectivity index (χ3n) is 2.73. The van der Waals surface area contributed by atoms with E-state index in [1.165, 1.54) is 4.90 Å². The van der Waals surface area contributed by atoms with Crippen molar-refractivity contribution in [3.05, 3.63) is 29.8 Å². The van der Waals surface area contributed by atoms with E-state index >= 15 is 0 Å². The van der Waals surface area contributed by atoms with Gasteiger partial charge in [-0.1, -0.05) is 17.7 Å². The molecule has 0 bridgehead atoms. The minimum atomic E-state index is -0.191. The van der Waals surface area contributed by atoms with E-state index in [4.69, 9.17) is 0 Å². The van der Waals surface area contributed by atoms with Gasteiger partial charge in [0.1, 0.15) is 0 Å². The number of hydrogen-bond acceptors (Lipinski definition) is 3. The summed E-state index contributed by atoms with van der Waals surface area (Å²) in [5, 5.41) is 5.67. The van der Waals surface area contributed by atoms with E-state index in [9.17, 15) is 9.59 Å². The molecule has 0 aliphatic carbocycles. The molecule has 1 aromatic rings. The molecule has 2 amide bonds. The number of rotatable bonds is 6. The van der Waals surface area contributed by atoms with Crippen molar-refractivity contribution in [2.24, 2.45) is 0 Å². The van der Waals surface area contributed by atoms with Gasteiger partial charge in [-0.3, -0.25) is 9.59 Å². The predicted octanol–water partition coefficient (Wildman–Crippen LogP) is 1.42. The standard InChI is InChI=1S/C14H21N3O2.ClH/c1-11-4-6-12(7-5-11)16-13(18)10-17(3)14(19)8-9-15-2;/h4-7,15H,8-10H2,1-3H3,(H,16,18);1H. The first-order chi connectivity index (χ1) is 9.02. The quantitative estimate of drug-likeness (QED) is 0.835. The number of carbonyl (C=O) groups is 2. The number of anilines is 1. The summed E-state index contributed by atoms with van der Waals surface area (Å²) in [4.78, 5) is 24.8. The van der Waals surface area contributed by atoms with E-state index in [2.05, 4.69) is 10.6 Å². The van der Waals surface area contributed by atoms with Gasteiger partial charge in [-0.05, 0) is 26.1 Å². The fourth-order valence-electron chi connectivity index (χ4n) is 1.56. The summed E-state index contributed by atoms with van der Waals surface area (Å²) in [6.45, 7) is 2.67. The fourth-order valence-corrected chi connectivity index (χ4v) is 1.56. The summed E-state index contributed by atoms with van der Waals surface area (Å²) in [6, 6.07) is 7.54. The van der Waals surface area contributed by atoms with Crippen LogP contribution in [-0.4, -0.2) is 43.9 Å². The van der Waals surface area contributed by atoms with E-state index in [0.717, 1.165) is 11.3 Å². The van der Waals surface area contributed by atoms with Crippen molar-refractivity contribution < 1.29 is 9.59 Å². The predicted molar refractivity (Wildman–Crippen MR) is 83.2 cm³/mol. The number of nitrogens with one attached hydrogen (secondary N) is 2. The van der Waals surface area contributed by atoms with Gasteiger partial charge in [0.25, 0.3) is 0 Å². The molecule has 20 heavy (non-hydrogen) atoms. The number of likely N-dealkylation sites (N-methyl/N-ethyl adjacent to an activating group) is 1. The SMILES string of the molecule is CNCCC(=O)N(C)CC(=O)Nc1ccc(C)cc1.Cl. The molecule has 0 fully saturated rings. The lowest BCUT2D eigenvalue weighted by Crippen LogP contribution is -2.36. The Morgan fingerprint density at radius 1 is 1.20 bits per heavy atom. The van der Waals surface area contributed by atoms with E-state index in [1.54, 1.807) is 14.1 Å². The second-order valence-corrected chi connectivity index (χ2v) is 4.52. The van der Waals surface area contributed by atoms with Crippen molar-refractivity contribution in [3.63, 3.8) is 0 Å². The number of aryl methyl sites for hydroxylation is 1. The van der Waals surface area contributed by atoms with Crippen LogP contribution in [0.4, 0.5) is 5.69 Å². The van der Waals surface area contributed by atoms with Crippen LogP contribution in [0.25, 0.3) is 0 Å². The average molecular weight is 300 g/mol. The van der Waals surface area contributed by atoms with Gasteiger partial charge in [0.05, 0.1) is 6.54 Å². The molecular formula is C14H22ClN3O2. The maximum Gasteiger partial charge on any atom is 0.243 e. The van der Waals surface area contributed by atoms with Gasteiger partial charge in [0.15, 0.2) is 0 Å². The van der Waals surface area contributed by atoms with Crippen LogP contribution in [0.15, 0.2) is 24.3 Å². The average Bonchev–Trinajstić information content (AvgIpc) is 2.38. The van der Waals surface area contributed by atoms with Crippen LogP contribution < -0.4 is 10.6 Å². The lowest BCUT2D eigenvalue weighted by molar-refractivity contribution is -0.133. The van der Waals surface area contributed by atoms with Gasteiger partial charge < -0.3 is 15.5 Å². The molecule has 0 aliphatic heterocycles. The van der Waals surface area contributed by atoms with Crippen LogP contribution in [0, 0.1) is 6.92 Å². The number of nitrogens with zero attached hydrogens (tertiary/aromatic N) is 1. The second-order valence-electron chi connectivity index (χ2n) is 4.52. The molecule has 6 heteroatoms. The van der Waals surface area contributed by atoms with Gasteiger partial charge in [0.2, 0.25) is 11.8 Å². The summed E-state index contributed by atoms with van der Waals surface area (Å²) in [6.07, 6.45) is 0.394. The first-order valence-corrected chi connectivity index (χ1v) is 6.28. The molecule has 0 saturated heterocycles. The zero-order chi connectivity index (χ0) is 14.3. The molecule has 1 aromatic carbocycles. The second kappa shape index (κ2) is 9.34. The highest BCUT2D eigenvalue weighted by Gasteiger charge is 2.12. The van der Waals surface area contributed by atoms with Crippen molar-refractivity contribution in [3.8, 4) is 0 Å². The fraction of sp³-hybridized carbons (Fsp3) is 0.429. The van der Waals surface area contributed by atoms with Crippen molar-refractivity contribution in [2.45, 2.75) is 13.3 Å². The highest BCUT2D eigenvalue weighted by atomic mass is 35.5. The maximum atomic E-state index is 11.8. The Morgan fingerprint density at radius 2 is 1.80 bits per heavy atom. The van der Waals surface area contributed by atoms with E-state index in [1.807, 2.05) is 31.2 Å². The van der Waals surface area contributed by atoms with Gasteiger partial charge in [-0.15, -0.1) is 12.4 Å². The van der Waals surface area contributed by atoms with Crippen LogP contribution in [0.2, 0.25) is 0 Å². The van der Waals surface area contributed by atoms with Gasteiger partial charge >= 0.3 is 0 Å². The van der Waals surface area contributed by atoms with E-state index in [-0.39, 0.29) is 30.8 Å². The molecule has 0 saturated carbocycles. The number of amides is 2. The molecule has 2 N–H and O–H groups in total. The topological polar surface area (TPSA) is 61.4 Å². The largest absolute Gasteiger partial charge is 0.336 e. The maximum absolute atomic E-state index is 11.8. The highest BCUT2D eigenvalue weighted by molar-refractivity contribution is 5.94. The zero-order valence-corrected chi connectivity index (χ0v) is 12.9. The molecule has 0 spiro atoms. The first-order valence-electron chi connectivity index (χ1n) is 6.28. The Morgan fingerprint density at radius 3 is 2.35 bits per heavy atom. The number of halogens is 1. The summed E-state index contributed by atoms with van der Waals surface area (Å²) in [5.74, 6) is -0.238. The highest BCUT2D eigenvalue weighted by Crippen LogP contribution is 2.08. The van der Waals surface area contributed by atoms with Gasteiger partial charge in [-0.2, -0.15) is 0 Å². The number of benzene rings is 1. The van der Waals surface area contributed by atoms with Gasteiger partial charge in [-0.25, -0.2) is 0 Å². The Kier molecular flexibility index (Phi) is 8.59. The molecule has 0 aromatic heterocycles. The third kappa shape index (κ3) is 6.54. The van der Waals surface area contributed by atoms with Crippen molar-refractivity contribution in [1.82, 2.24) is 10.2 Å². The van der Waals surface area contributed by atoms with E-state index in [0.29, 0.717) is 13.0 Å². The van der Waals surface area contributed by atoms with Crippen LogP contribution >= 0.6 is 12.4 Å². The molecule has 0 aliphatic rings. The summed E-state index contributed by atoms with van der Waals surface area (Å²) in [7, 11) is 3.42. The minimum Gasteiger partial charge on any atom is -0.336 e. The third-order valence-corrected chi connectivity index (χ3v) is 2.73. The molecular weight excluding hydrogens is 278 g/mol. The summed E-state index contributed by atoms with van der Waals surface area (Å²) in [5.41, 5.74) is 1.88. The summed E-state index contributed by atoms with van der Waals surface area (Å²) >= 11 is 0. The smallest absolute Gasteiger partial charge is 0.243 e. The number of hydrogen-bond donors (Lipinski definition) is 2. The normalized spacial score (nSPS) is 9.55. The molecule has 112 valence electrons. The zero-order valence-electron chi connectivity index (χ0n) is 12.1. The Balaban J connectivity index is 0.00000361. The number of carbonyl (C=O) groups excluding carboxylic acids is 2. The molecule has 0 unspecified atom stereocenters.